The maximum Gasteiger partial charge on any atom is 0.276 e. The van der Waals surface area contributed by atoms with Crippen LogP contribution in [0.15, 0.2) is 21.5 Å². The minimum Gasteiger partial charge on any atom is -0.361 e. The van der Waals surface area contributed by atoms with Gasteiger partial charge in [0.05, 0.1) is 23.7 Å². The van der Waals surface area contributed by atoms with E-state index >= 15 is 0 Å². The molecule has 3 aliphatic rings. The summed E-state index contributed by atoms with van der Waals surface area (Å²) in [5, 5.41) is 5.78. The van der Waals surface area contributed by atoms with E-state index in [0.717, 1.165) is 18.5 Å². The second kappa shape index (κ2) is 6.01. The number of hydrogen-bond acceptors (Lipinski definition) is 6. The maximum absolute atomic E-state index is 12.8. The van der Waals surface area contributed by atoms with Crippen molar-refractivity contribution in [2.75, 3.05) is 13.1 Å². The Labute approximate surface area is 143 Å². The molecule has 0 spiro atoms. The fraction of sp³-hybridized carbons (Fsp3) is 0.500. The first-order valence-corrected chi connectivity index (χ1v) is 8.96. The van der Waals surface area contributed by atoms with Crippen LogP contribution >= 0.6 is 11.3 Å². The van der Waals surface area contributed by atoms with Crippen LogP contribution in [0.3, 0.4) is 0 Å². The molecule has 2 bridgehead atoms. The SMILES string of the molecule is Cc1cc(C(=O)N2C[C@@H]3CC[C@H](C2)N(Cc2cscn2)C3=O)no1. The summed E-state index contributed by atoms with van der Waals surface area (Å²) in [5.41, 5.74) is 3.00. The molecule has 7 nitrogen and oxygen atoms in total. The van der Waals surface area contributed by atoms with Gasteiger partial charge in [0.2, 0.25) is 5.91 Å². The maximum atomic E-state index is 12.8. The van der Waals surface area contributed by atoms with Crippen LogP contribution in [0.4, 0.5) is 0 Å². The normalized spacial score (nSPS) is 23.6. The first-order valence-electron chi connectivity index (χ1n) is 8.02. The predicted octanol–water partition coefficient (Wildman–Crippen LogP) is 1.70. The van der Waals surface area contributed by atoms with Gasteiger partial charge in [0.15, 0.2) is 5.69 Å². The van der Waals surface area contributed by atoms with E-state index < -0.39 is 0 Å². The van der Waals surface area contributed by atoms with Gasteiger partial charge in [0, 0.05) is 30.6 Å². The molecule has 8 heteroatoms. The molecule has 0 unspecified atom stereocenters. The van der Waals surface area contributed by atoms with Gasteiger partial charge in [-0.2, -0.15) is 0 Å². The predicted molar refractivity (Wildman–Crippen MR) is 86.3 cm³/mol. The molecular formula is C16H18N4O3S. The van der Waals surface area contributed by atoms with Crippen LogP contribution in [0.5, 0.6) is 0 Å². The second-order valence-electron chi connectivity index (χ2n) is 6.41. The van der Waals surface area contributed by atoms with E-state index in [4.69, 9.17) is 4.52 Å². The third kappa shape index (κ3) is 2.71. The van der Waals surface area contributed by atoms with Gasteiger partial charge in [0.25, 0.3) is 5.91 Å². The van der Waals surface area contributed by atoms with E-state index in [0.29, 0.717) is 31.1 Å². The number of carbonyl (C=O) groups is 2. The fourth-order valence-electron chi connectivity index (χ4n) is 3.53. The summed E-state index contributed by atoms with van der Waals surface area (Å²) in [6.45, 7) is 3.27. The zero-order chi connectivity index (χ0) is 16.7. The molecule has 24 heavy (non-hydrogen) atoms. The molecule has 0 saturated carbocycles. The Balaban J connectivity index is 1.55. The largest absolute Gasteiger partial charge is 0.361 e. The molecule has 0 aliphatic carbocycles. The smallest absolute Gasteiger partial charge is 0.276 e. The lowest BCUT2D eigenvalue weighted by Crippen LogP contribution is -2.47. The summed E-state index contributed by atoms with van der Waals surface area (Å²) < 4.78 is 5.01. The first kappa shape index (κ1) is 15.3. The average molecular weight is 346 g/mol. The summed E-state index contributed by atoms with van der Waals surface area (Å²) in [7, 11) is 0. The van der Waals surface area contributed by atoms with E-state index in [1.165, 1.54) is 11.3 Å². The van der Waals surface area contributed by atoms with E-state index in [2.05, 4.69) is 10.1 Å². The van der Waals surface area contributed by atoms with Crippen LogP contribution in [-0.4, -0.2) is 50.9 Å². The van der Waals surface area contributed by atoms with E-state index in [1.54, 1.807) is 23.4 Å². The van der Waals surface area contributed by atoms with E-state index in [1.807, 2.05) is 10.3 Å². The molecule has 0 radical (unpaired) electrons. The summed E-state index contributed by atoms with van der Waals surface area (Å²) in [6.07, 6.45) is 1.75. The molecule has 3 aliphatic heterocycles. The number of aryl methyl sites for hydroxylation is 1. The molecule has 5 heterocycles. The van der Waals surface area contributed by atoms with Crippen LogP contribution in [0.25, 0.3) is 0 Å². The molecule has 3 fully saturated rings. The third-order valence-electron chi connectivity index (χ3n) is 4.74. The number of hydrogen-bond donors (Lipinski definition) is 0. The van der Waals surface area contributed by atoms with E-state index in [9.17, 15) is 9.59 Å². The number of rotatable bonds is 3. The van der Waals surface area contributed by atoms with Crippen LogP contribution in [-0.2, 0) is 11.3 Å². The average Bonchev–Trinajstić information content (AvgIpc) is 3.15. The Morgan fingerprint density at radius 2 is 2.29 bits per heavy atom. The topological polar surface area (TPSA) is 79.5 Å². The van der Waals surface area contributed by atoms with Gasteiger partial charge in [0.1, 0.15) is 5.76 Å². The molecule has 0 N–H and O–H groups in total. The summed E-state index contributed by atoms with van der Waals surface area (Å²) in [6, 6.07) is 1.68. The lowest BCUT2D eigenvalue weighted by molar-refractivity contribution is -0.140. The van der Waals surface area contributed by atoms with Crippen molar-refractivity contribution in [3.8, 4) is 0 Å². The highest BCUT2D eigenvalue weighted by Crippen LogP contribution is 2.31. The molecule has 2 amide bonds. The standard InChI is InChI=1S/C16H18N4O3S/c1-10-4-14(18-23-10)16(22)19-5-11-2-3-13(7-19)20(15(11)21)6-12-8-24-9-17-12/h4,8-9,11,13H,2-3,5-7H2,1H3/t11-,13+/m0/s1. The number of aromatic nitrogens is 2. The van der Waals surface area contributed by atoms with Crippen LogP contribution in [0.2, 0.25) is 0 Å². The highest BCUT2D eigenvalue weighted by molar-refractivity contribution is 7.07. The number of fused-ring (bicyclic) bond motifs is 4. The zero-order valence-corrected chi connectivity index (χ0v) is 14.2. The van der Waals surface area contributed by atoms with Gasteiger partial charge in [-0.3, -0.25) is 9.59 Å². The summed E-state index contributed by atoms with van der Waals surface area (Å²) in [4.78, 5) is 33.4. The zero-order valence-electron chi connectivity index (χ0n) is 13.3. The molecule has 3 saturated heterocycles. The molecule has 2 aromatic heterocycles. The highest BCUT2D eigenvalue weighted by atomic mass is 32.1. The Bertz CT molecular complexity index is 757. The minimum atomic E-state index is -0.160. The van der Waals surface area contributed by atoms with Gasteiger partial charge in [-0.25, -0.2) is 4.98 Å². The van der Waals surface area contributed by atoms with Crippen molar-refractivity contribution in [2.24, 2.45) is 5.92 Å². The van der Waals surface area contributed by atoms with Crippen molar-refractivity contribution >= 4 is 23.2 Å². The Hall–Kier alpha value is -2.22. The molecule has 2 atom stereocenters. The van der Waals surface area contributed by atoms with Gasteiger partial charge < -0.3 is 14.3 Å². The Kier molecular flexibility index (Phi) is 3.84. The summed E-state index contributed by atoms with van der Waals surface area (Å²) in [5.74, 6) is 0.439. The van der Waals surface area contributed by atoms with Gasteiger partial charge in [-0.1, -0.05) is 5.16 Å². The third-order valence-corrected chi connectivity index (χ3v) is 5.38. The molecule has 0 aromatic carbocycles. The van der Waals surface area contributed by atoms with Gasteiger partial charge >= 0.3 is 0 Å². The monoisotopic (exact) mass is 346 g/mol. The molecule has 2 aromatic rings. The van der Waals surface area contributed by atoms with Crippen molar-refractivity contribution < 1.29 is 14.1 Å². The number of amides is 2. The lowest BCUT2D eigenvalue weighted by atomic mass is 9.94. The van der Waals surface area contributed by atoms with Crippen molar-refractivity contribution in [2.45, 2.75) is 32.4 Å². The van der Waals surface area contributed by atoms with Gasteiger partial charge in [-0.15, -0.1) is 11.3 Å². The number of nitrogens with zero attached hydrogens (tertiary/aromatic N) is 4. The quantitative estimate of drug-likeness (QED) is 0.845. The second-order valence-corrected chi connectivity index (χ2v) is 7.13. The highest BCUT2D eigenvalue weighted by Gasteiger charge is 2.42. The van der Waals surface area contributed by atoms with E-state index in [-0.39, 0.29) is 23.8 Å². The number of piperidine rings is 1. The Morgan fingerprint density at radius 3 is 3.00 bits per heavy atom. The molecule has 5 rings (SSSR count). The minimum absolute atomic E-state index is 0.0369. The van der Waals surface area contributed by atoms with Crippen LogP contribution in [0, 0.1) is 12.8 Å². The number of carbonyl (C=O) groups excluding carboxylic acids is 2. The summed E-state index contributed by atoms with van der Waals surface area (Å²) >= 11 is 1.53. The van der Waals surface area contributed by atoms with Crippen LogP contribution in [0.1, 0.15) is 34.8 Å². The van der Waals surface area contributed by atoms with Gasteiger partial charge in [-0.05, 0) is 19.8 Å². The Morgan fingerprint density at radius 1 is 1.42 bits per heavy atom. The van der Waals surface area contributed by atoms with Crippen LogP contribution < -0.4 is 0 Å². The molecular weight excluding hydrogens is 328 g/mol. The molecule has 126 valence electrons. The number of thiazole rings is 1. The van der Waals surface area contributed by atoms with Crippen molar-refractivity contribution in [3.05, 3.63) is 34.1 Å². The van der Waals surface area contributed by atoms with Crippen molar-refractivity contribution in [1.29, 1.82) is 0 Å². The van der Waals surface area contributed by atoms with Crippen molar-refractivity contribution in [3.63, 3.8) is 0 Å². The lowest BCUT2D eigenvalue weighted by Gasteiger charge is -2.35. The fourth-order valence-corrected chi connectivity index (χ4v) is 4.08. The first-order chi connectivity index (χ1) is 11.6. The van der Waals surface area contributed by atoms with Crippen molar-refractivity contribution in [1.82, 2.24) is 19.9 Å².